The maximum Gasteiger partial charge on any atom is 0.201 e. The molecule has 148 valence electrons. The topological polar surface area (TPSA) is 26.3 Å². The fourth-order valence-corrected chi connectivity index (χ4v) is 4.46. The summed E-state index contributed by atoms with van der Waals surface area (Å²) in [6.45, 7) is 1.90. The molecular weight excluding hydrogens is 365 g/mol. The molecule has 0 spiro atoms. The minimum Gasteiger partial charge on any atom is -0.450 e. The van der Waals surface area contributed by atoms with Crippen LogP contribution in [-0.4, -0.2) is 6.29 Å². The molecule has 1 heterocycles. The van der Waals surface area contributed by atoms with Gasteiger partial charge >= 0.3 is 0 Å². The molecule has 1 aliphatic carbocycles. The first-order valence-corrected chi connectivity index (χ1v) is 9.97. The Balaban J connectivity index is 1.67. The van der Waals surface area contributed by atoms with Gasteiger partial charge in [-0.05, 0) is 55.2 Å². The zero-order valence-electron chi connectivity index (χ0n) is 15.9. The van der Waals surface area contributed by atoms with E-state index in [0.717, 1.165) is 32.0 Å². The van der Waals surface area contributed by atoms with Crippen molar-refractivity contribution in [3.05, 3.63) is 57.9 Å². The van der Waals surface area contributed by atoms with Gasteiger partial charge in [0.15, 0.2) is 23.1 Å². The Morgan fingerprint density at radius 3 is 2.39 bits per heavy atom. The van der Waals surface area contributed by atoms with Crippen molar-refractivity contribution in [2.24, 2.45) is 5.92 Å². The third kappa shape index (κ3) is 3.21. The van der Waals surface area contributed by atoms with E-state index in [2.05, 4.69) is 0 Å². The summed E-state index contributed by atoms with van der Waals surface area (Å²) in [4.78, 5) is 10.9. The van der Waals surface area contributed by atoms with Crippen LogP contribution in [0.1, 0.15) is 67.2 Å². The lowest BCUT2D eigenvalue weighted by atomic mass is 9.78. The van der Waals surface area contributed by atoms with Gasteiger partial charge in [-0.3, -0.25) is 0 Å². The number of fused-ring (bicyclic) bond motifs is 2. The van der Waals surface area contributed by atoms with E-state index >= 15 is 4.39 Å². The van der Waals surface area contributed by atoms with Crippen molar-refractivity contribution >= 4 is 6.29 Å². The fraction of sp³-hybridized carbons (Fsp3) is 0.435. The molecule has 5 heteroatoms. The Hall–Kier alpha value is -2.30. The van der Waals surface area contributed by atoms with Crippen LogP contribution in [0.15, 0.2) is 18.2 Å². The Morgan fingerprint density at radius 2 is 1.71 bits per heavy atom. The highest BCUT2D eigenvalue weighted by molar-refractivity contribution is 5.55. The molecule has 0 atom stereocenters. The van der Waals surface area contributed by atoms with Crippen LogP contribution in [0.25, 0.3) is 0 Å². The van der Waals surface area contributed by atoms with Crippen LogP contribution in [0.2, 0.25) is 0 Å². The summed E-state index contributed by atoms with van der Waals surface area (Å²) in [5.74, 6) is -2.57. The van der Waals surface area contributed by atoms with E-state index in [1.54, 1.807) is 12.1 Å². The van der Waals surface area contributed by atoms with Gasteiger partial charge < -0.3 is 9.53 Å². The van der Waals surface area contributed by atoms with E-state index in [0.29, 0.717) is 41.5 Å². The van der Waals surface area contributed by atoms with Gasteiger partial charge in [-0.15, -0.1) is 0 Å². The summed E-state index contributed by atoms with van der Waals surface area (Å²) < 4.78 is 49.7. The minimum atomic E-state index is -1.04. The molecule has 0 bridgehead atoms. The molecule has 0 saturated heterocycles. The molecule has 2 aliphatic rings. The molecule has 2 nitrogen and oxygen atoms in total. The number of aldehydes is 1. The fourth-order valence-electron chi connectivity index (χ4n) is 4.46. The van der Waals surface area contributed by atoms with Gasteiger partial charge in [0, 0.05) is 23.5 Å². The molecule has 1 fully saturated rings. The van der Waals surface area contributed by atoms with Crippen molar-refractivity contribution in [1.29, 1.82) is 0 Å². The number of carbonyl (C=O) groups is 1. The van der Waals surface area contributed by atoms with Gasteiger partial charge in [0.05, 0.1) is 0 Å². The maximum atomic E-state index is 15.2. The van der Waals surface area contributed by atoms with E-state index < -0.39 is 17.5 Å². The third-order valence-electron chi connectivity index (χ3n) is 6.03. The predicted octanol–water partition coefficient (Wildman–Crippen LogP) is 6.23. The van der Waals surface area contributed by atoms with Crippen molar-refractivity contribution in [3.8, 4) is 11.5 Å². The molecule has 28 heavy (non-hydrogen) atoms. The number of rotatable bonds is 4. The standard InChI is InChI=1S/C23H23F3O2/c1-2-3-15-10-17-11-16-8-9-18(14-6-4-13(12-27)5-7-14)20(25)22(16)28-23(17)21(26)19(15)24/h8-10,12-14H,2-7,11H2,1H3. The quantitative estimate of drug-likeness (QED) is 0.496. The summed E-state index contributed by atoms with van der Waals surface area (Å²) in [5.41, 5.74) is 2.06. The number of aryl methyl sites for hydroxylation is 1. The normalized spacial score (nSPS) is 20.9. The van der Waals surface area contributed by atoms with Gasteiger partial charge in [-0.1, -0.05) is 25.5 Å². The molecule has 0 aromatic heterocycles. The van der Waals surface area contributed by atoms with Crippen LogP contribution < -0.4 is 4.74 Å². The van der Waals surface area contributed by atoms with Crippen molar-refractivity contribution in [3.63, 3.8) is 0 Å². The molecule has 2 aromatic carbocycles. The molecule has 0 unspecified atom stereocenters. The monoisotopic (exact) mass is 388 g/mol. The lowest BCUT2D eigenvalue weighted by Gasteiger charge is -2.28. The molecule has 1 aliphatic heterocycles. The zero-order chi connectivity index (χ0) is 19.8. The molecule has 0 amide bonds. The summed E-state index contributed by atoms with van der Waals surface area (Å²) in [7, 11) is 0. The van der Waals surface area contributed by atoms with Crippen LogP contribution in [0.3, 0.4) is 0 Å². The predicted molar refractivity (Wildman–Crippen MR) is 100 cm³/mol. The van der Waals surface area contributed by atoms with E-state index in [9.17, 15) is 13.6 Å². The average Bonchev–Trinajstić information content (AvgIpc) is 2.72. The molecule has 1 saturated carbocycles. The molecule has 4 rings (SSSR count). The van der Waals surface area contributed by atoms with Crippen molar-refractivity contribution in [2.45, 2.75) is 57.8 Å². The van der Waals surface area contributed by atoms with E-state index in [4.69, 9.17) is 4.74 Å². The summed E-state index contributed by atoms with van der Waals surface area (Å²) in [6, 6.07) is 5.23. The van der Waals surface area contributed by atoms with E-state index in [-0.39, 0.29) is 23.3 Å². The van der Waals surface area contributed by atoms with Crippen molar-refractivity contribution in [1.82, 2.24) is 0 Å². The number of ether oxygens (including phenoxy) is 1. The smallest absolute Gasteiger partial charge is 0.201 e. The molecule has 0 N–H and O–H groups in total. The second-order valence-corrected chi connectivity index (χ2v) is 7.89. The highest BCUT2D eigenvalue weighted by atomic mass is 19.2. The zero-order valence-corrected chi connectivity index (χ0v) is 15.9. The molecular formula is C23H23F3O2. The van der Waals surface area contributed by atoms with Crippen molar-refractivity contribution < 1.29 is 22.7 Å². The Bertz CT molecular complexity index is 915. The van der Waals surface area contributed by atoms with Crippen LogP contribution in [0, 0.1) is 23.4 Å². The Kier molecular flexibility index (Phi) is 5.17. The number of hydrogen-bond donors (Lipinski definition) is 0. The van der Waals surface area contributed by atoms with Gasteiger partial charge in [-0.25, -0.2) is 8.78 Å². The Morgan fingerprint density at radius 1 is 1.00 bits per heavy atom. The number of hydrogen-bond acceptors (Lipinski definition) is 2. The average molecular weight is 388 g/mol. The third-order valence-corrected chi connectivity index (χ3v) is 6.03. The largest absolute Gasteiger partial charge is 0.450 e. The van der Waals surface area contributed by atoms with Gasteiger partial charge in [0.2, 0.25) is 5.82 Å². The highest BCUT2D eigenvalue weighted by Gasteiger charge is 2.31. The van der Waals surface area contributed by atoms with Gasteiger partial charge in [0.25, 0.3) is 0 Å². The summed E-state index contributed by atoms with van der Waals surface area (Å²) in [5, 5.41) is 0. The van der Waals surface area contributed by atoms with Crippen LogP contribution in [0.5, 0.6) is 11.5 Å². The molecule has 2 aromatic rings. The highest BCUT2D eigenvalue weighted by Crippen LogP contribution is 2.45. The lowest BCUT2D eigenvalue weighted by molar-refractivity contribution is -0.111. The number of halogens is 3. The number of carbonyl (C=O) groups excluding carboxylic acids is 1. The van der Waals surface area contributed by atoms with Crippen LogP contribution in [0.4, 0.5) is 13.2 Å². The summed E-state index contributed by atoms with van der Waals surface area (Å²) in [6.07, 6.45) is 5.40. The Labute approximate surface area is 162 Å². The first-order valence-electron chi connectivity index (χ1n) is 9.97. The van der Waals surface area contributed by atoms with Gasteiger partial charge in [-0.2, -0.15) is 4.39 Å². The lowest BCUT2D eigenvalue weighted by Crippen LogP contribution is -2.16. The molecule has 0 radical (unpaired) electrons. The van der Waals surface area contributed by atoms with E-state index in [1.807, 2.05) is 13.0 Å². The minimum absolute atomic E-state index is 0.00375. The number of benzene rings is 2. The maximum absolute atomic E-state index is 15.2. The second-order valence-electron chi connectivity index (χ2n) is 7.89. The van der Waals surface area contributed by atoms with Crippen molar-refractivity contribution in [2.75, 3.05) is 0 Å². The van der Waals surface area contributed by atoms with Gasteiger partial charge in [0.1, 0.15) is 6.29 Å². The second kappa shape index (κ2) is 7.61. The SMILES string of the molecule is CCCc1cc2c(c(F)c1F)Oc1c(ccc(C3CCC(C=O)CC3)c1F)C2. The first-order chi connectivity index (χ1) is 13.5. The first kappa shape index (κ1) is 19.0. The van der Waals surface area contributed by atoms with E-state index in [1.165, 1.54) is 0 Å². The van der Waals surface area contributed by atoms with Crippen LogP contribution >= 0.6 is 0 Å². The van der Waals surface area contributed by atoms with Crippen LogP contribution in [-0.2, 0) is 17.6 Å². The summed E-state index contributed by atoms with van der Waals surface area (Å²) >= 11 is 0.